The van der Waals surface area contributed by atoms with E-state index in [1.165, 1.54) is 173 Å². The molecule has 0 heterocycles. The van der Waals surface area contributed by atoms with Gasteiger partial charge in [0, 0.05) is 25.7 Å². The summed E-state index contributed by atoms with van der Waals surface area (Å²) in [5.74, 6) is 0.105. The minimum absolute atomic E-state index is 0.105. The summed E-state index contributed by atoms with van der Waals surface area (Å²) in [5.41, 5.74) is 0. The van der Waals surface area contributed by atoms with Crippen molar-refractivity contribution in [3.05, 3.63) is 0 Å². The van der Waals surface area contributed by atoms with Gasteiger partial charge in [-0.25, -0.2) is 9.13 Å². The zero-order valence-corrected chi connectivity index (χ0v) is 61.1. The molecular formula is C72H140O17P2. The summed E-state index contributed by atoms with van der Waals surface area (Å²) in [6, 6.07) is 0. The first-order valence-corrected chi connectivity index (χ1v) is 40.3. The molecule has 2 unspecified atom stereocenters. The van der Waals surface area contributed by atoms with Crippen LogP contribution in [0.1, 0.15) is 363 Å². The zero-order valence-electron chi connectivity index (χ0n) is 59.3. The van der Waals surface area contributed by atoms with Crippen molar-refractivity contribution in [1.29, 1.82) is 0 Å². The van der Waals surface area contributed by atoms with E-state index in [9.17, 15) is 43.2 Å². The Morgan fingerprint density at radius 3 is 0.747 bits per heavy atom. The molecule has 3 N–H and O–H groups in total. The van der Waals surface area contributed by atoms with Crippen LogP contribution in [0.3, 0.4) is 0 Å². The van der Waals surface area contributed by atoms with Gasteiger partial charge >= 0.3 is 39.5 Å². The van der Waals surface area contributed by atoms with Crippen molar-refractivity contribution in [3.8, 4) is 0 Å². The van der Waals surface area contributed by atoms with Crippen molar-refractivity contribution in [2.75, 3.05) is 39.6 Å². The lowest BCUT2D eigenvalue weighted by Crippen LogP contribution is -2.30. The van der Waals surface area contributed by atoms with E-state index in [4.69, 9.17) is 37.0 Å². The first-order chi connectivity index (χ1) is 43.7. The smallest absolute Gasteiger partial charge is 0.462 e. The molecular weight excluding hydrogens is 1200 g/mol. The second-order valence-corrected chi connectivity index (χ2v) is 30.3. The maximum absolute atomic E-state index is 13.0. The van der Waals surface area contributed by atoms with Crippen LogP contribution in [0.2, 0.25) is 0 Å². The van der Waals surface area contributed by atoms with Gasteiger partial charge in [0.05, 0.1) is 26.4 Å². The average molecular weight is 1340 g/mol. The van der Waals surface area contributed by atoms with Gasteiger partial charge in [-0.15, -0.1) is 0 Å². The summed E-state index contributed by atoms with van der Waals surface area (Å²) in [4.78, 5) is 72.6. The van der Waals surface area contributed by atoms with Crippen LogP contribution in [0, 0.1) is 17.8 Å². The molecule has 17 nitrogen and oxygen atoms in total. The van der Waals surface area contributed by atoms with Gasteiger partial charge < -0.3 is 33.8 Å². The van der Waals surface area contributed by atoms with Crippen LogP contribution in [0.25, 0.3) is 0 Å². The number of carbonyl (C=O) groups is 4. The summed E-state index contributed by atoms with van der Waals surface area (Å²) in [5, 5.41) is 10.6. The molecule has 0 bridgehead atoms. The van der Waals surface area contributed by atoms with Crippen molar-refractivity contribution < 1.29 is 80.2 Å². The van der Waals surface area contributed by atoms with E-state index in [0.29, 0.717) is 25.7 Å². The quantitative estimate of drug-likeness (QED) is 0.0222. The maximum atomic E-state index is 13.0. The van der Waals surface area contributed by atoms with Gasteiger partial charge in [0.2, 0.25) is 0 Å². The Bertz CT molecular complexity index is 1780. The average Bonchev–Trinajstić information content (AvgIpc) is 3.01. The molecule has 0 aliphatic heterocycles. The fourth-order valence-electron chi connectivity index (χ4n) is 10.9. The number of carbonyl (C=O) groups excluding carboxylic acids is 4. The molecule has 5 atom stereocenters. The Morgan fingerprint density at radius 2 is 0.505 bits per heavy atom. The normalized spacial score (nSPS) is 14.2. The van der Waals surface area contributed by atoms with E-state index in [0.717, 1.165) is 108 Å². The summed E-state index contributed by atoms with van der Waals surface area (Å²) in [6.45, 7) is 11.8. The van der Waals surface area contributed by atoms with Crippen LogP contribution in [-0.4, -0.2) is 96.7 Å². The molecule has 0 aromatic carbocycles. The van der Waals surface area contributed by atoms with E-state index in [1.807, 2.05) is 0 Å². The topological polar surface area (TPSA) is 237 Å². The van der Waals surface area contributed by atoms with Crippen molar-refractivity contribution in [2.45, 2.75) is 381 Å². The van der Waals surface area contributed by atoms with E-state index in [-0.39, 0.29) is 25.7 Å². The predicted octanol–water partition coefficient (Wildman–Crippen LogP) is 20.6. The largest absolute Gasteiger partial charge is 0.472 e. The number of phosphoric acid groups is 2. The fourth-order valence-corrected chi connectivity index (χ4v) is 12.5. The van der Waals surface area contributed by atoms with Crippen molar-refractivity contribution in [3.63, 3.8) is 0 Å². The van der Waals surface area contributed by atoms with Crippen LogP contribution in [0.4, 0.5) is 0 Å². The number of rotatable bonds is 70. The Balaban J connectivity index is 5.26. The molecule has 0 saturated heterocycles. The maximum Gasteiger partial charge on any atom is 0.472 e. The third-order valence-electron chi connectivity index (χ3n) is 16.6. The summed E-state index contributed by atoms with van der Waals surface area (Å²) < 4.78 is 68.4. The first kappa shape index (κ1) is 89.1. The molecule has 0 fully saturated rings. The molecule has 0 amide bonds. The lowest BCUT2D eigenvalue weighted by Gasteiger charge is -2.21. The highest BCUT2D eigenvalue weighted by atomic mass is 31.2. The first-order valence-electron chi connectivity index (χ1n) is 37.3. The van der Waals surface area contributed by atoms with Crippen molar-refractivity contribution in [2.24, 2.45) is 17.8 Å². The van der Waals surface area contributed by atoms with Gasteiger partial charge in [-0.2, -0.15) is 0 Å². The summed E-state index contributed by atoms with van der Waals surface area (Å²) in [7, 11) is -9.91. The molecule has 0 saturated carbocycles. The van der Waals surface area contributed by atoms with Crippen LogP contribution in [-0.2, 0) is 65.4 Å². The molecule has 0 aliphatic carbocycles. The molecule has 91 heavy (non-hydrogen) atoms. The molecule has 0 aromatic heterocycles. The SMILES string of the molecule is CCCCCCCCCCCCCCCCC(=O)OC[C@H](COP(=O)(O)OC[C@@H](O)COP(=O)(O)OC[C@@H](COC(=O)CCCCCCCCCCC(C)C)OC(=O)CCCCCCCCCCCC(C)C)OC(=O)CCCCCCCCCCCCCC(C)C. The highest BCUT2D eigenvalue weighted by molar-refractivity contribution is 7.47. The number of aliphatic hydroxyl groups excluding tert-OH is 1. The second kappa shape index (κ2) is 62.8. The standard InChI is InChI=1S/C72H140O17P2/c1-8-9-10-11-12-13-14-15-16-19-24-32-39-46-53-69(74)82-59-67(88-71(76)55-48-41-34-25-20-17-18-22-29-36-43-50-63(2)3)61-86-90(78,79)84-57-66(73)58-85-91(80,81)87-62-68(60-83-70(75)54-47-40-33-28-27-31-38-45-52-65(6)7)89-72(77)56-49-42-35-26-21-23-30-37-44-51-64(4)5/h63-68,73H,8-62H2,1-7H3,(H,78,79)(H,80,81)/t66-,67-,68-/m1/s1. The Kier molecular flexibility index (Phi) is 61.5. The number of ether oxygens (including phenoxy) is 4. The van der Waals surface area contributed by atoms with Gasteiger partial charge in [-0.3, -0.25) is 37.3 Å². The number of aliphatic hydroxyl groups is 1. The van der Waals surface area contributed by atoms with E-state index in [2.05, 4.69) is 48.5 Å². The number of esters is 4. The van der Waals surface area contributed by atoms with Gasteiger partial charge in [-0.05, 0) is 43.4 Å². The van der Waals surface area contributed by atoms with Crippen LogP contribution < -0.4 is 0 Å². The number of unbranched alkanes of at least 4 members (excludes halogenated alkanes) is 38. The lowest BCUT2D eigenvalue weighted by molar-refractivity contribution is -0.161. The van der Waals surface area contributed by atoms with E-state index >= 15 is 0 Å². The third-order valence-corrected chi connectivity index (χ3v) is 18.5. The zero-order chi connectivity index (χ0) is 67.3. The van der Waals surface area contributed by atoms with Gasteiger partial charge in [-0.1, -0.05) is 312 Å². The van der Waals surface area contributed by atoms with Crippen LogP contribution in [0.5, 0.6) is 0 Å². The number of phosphoric ester groups is 2. The minimum Gasteiger partial charge on any atom is -0.462 e. The van der Waals surface area contributed by atoms with Crippen LogP contribution in [0.15, 0.2) is 0 Å². The Hall–Kier alpha value is -1.94. The lowest BCUT2D eigenvalue weighted by atomic mass is 10.0. The number of hydrogen-bond acceptors (Lipinski definition) is 15. The fraction of sp³-hybridized carbons (Fsp3) is 0.944. The Labute approximate surface area is 556 Å². The molecule has 0 radical (unpaired) electrons. The molecule has 19 heteroatoms. The molecule has 0 aromatic rings. The van der Waals surface area contributed by atoms with Gasteiger partial charge in [0.1, 0.15) is 19.3 Å². The van der Waals surface area contributed by atoms with Crippen molar-refractivity contribution >= 4 is 39.5 Å². The van der Waals surface area contributed by atoms with Crippen molar-refractivity contribution in [1.82, 2.24) is 0 Å². The predicted molar refractivity (Wildman–Crippen MR) is 368 cm³/mol. The summed E-state index contributed by atoms with van der Waals surface area (Å²) in [6.07, 6.45) is 47.1. The van der Waals surface area contributed by atoms with Gasteiger partial charge in [0.15, 0.2) is 12.2 Å². The Morgan fingerprint density at radius 1 is 0.297 bits per heavy atom. The van der Waals surface area contributed by atoms with Gasteiger partial charge in [0.25, 0.3) is 0 Å². The van der Waals surface area contributed by atoms with Crippen LogP contribution >= 0.6 is 15.6 Å². The highest BCUT2D eigenvalue weighted by Gasteiger charge is 2.30. The van der Waals surface area contributed by atoms with E-state index in [1.54, 1.807) is 0 Å². The monoisotopic (exact) mass is 1340 g/mol. The highest BCUT2D eigenvalue weighted by Crippen LogP contribution is 2.45. The molecule has 540 valence electrons. The molecule has 0 rings (SSSR count). The number of hydrogen-bond donors (Lipinski definition) is 3. The minimum atomic E-state index is -4.95. The second-order valence-electron chi connectivity index (χ2n) is 27.4. The van der Waals surface area contributed by atoms with E-state index < -0.39 is 97.5 Å². The molecule has 0 aliphatic rings. The third kappa shape index (κ3) is 66.5. The summed E-state index contributed by atoms with van der Waals surface area (Å²) >= 11 is 0. The molecule has 0 spiro atoms.